The van der Waals surface area contributed by atoms with Crippen LogP contribution < -0.4 is 4.74 Å². The van der Waals surface area contributed by atoms with Crippen LogP contribution in [0.5, 0.6) is 5.75 Å². The monoisotopic (exact) mass is 264 g/mol. The second kappa shape index (κ2) is 4.67. The number of aromatic nitrogens is 3. The highest BCUT2D eigenvalue weighted by molar-refractivity contribution is 5.61. The van der Waals surface area contributed by atoms with E-state index in [0.29, 0.717) is 17.0 Å². The predicted octanol–water partition coefficient (Wildman–Crippen LogP) is 2.59. The molecule has 0 amide bonds. The van der Waals surface area contributed by atoms with Gasteiger partial charge in [-0.2, -0.15) is 10.4 Å². The van der Waals surface area contributed by atoms with Crippen molar-refractivity contribution in [1.29, 1.82) is 5.26 Å². The van der Waals surface area contributed by atoms with Gasteiger partial charge >= 0.3 is 0 Å². The molecule has 0 N–H and O–H groups in total. The third kappa shape index (κ3) is 1.88. The summed E-state index contributed by atoms with van der Waals surface area (Å²) >= 11 is 0. The van der Waals surface area contributed by atoms with Crippen LogP contribution in [0, 0.1) is 18.3 Å². The SMILES string of the molecule is COc1ccc(-c2ccc3nc(C)c(C#N)n3n2)cc1. The van der Waals surface area contributed by atoms with Gasteiger partial charge in [-0.25, -0.2) is 9.50 Å². The Hall–Kier alpha value is -2.87. The number of nitrogens with zero attached hydrogens (tertiary/aromatic N) is 4. The Morgan fingerprint density at radius 3 is 2.55 bits per heavy atom. The van der Waals surface area contributed by atoms with Crippen LogP contribution >= 0.6 is 0 Å². The Bertz CT molecular complexity index is 812. The van der Waals surface area contributed by atoms with Gasteiger partial charge in [0.2, 0.25) is 0 Å². The fourth-order valence-corrected chi connectivity index (χ4v) is 2.09. The van der Waals surface area contributed by atoms with E-state index in [2.05, 4.69) is 16.2 Å². The number of methoxy groups -OCH3 is 1. The normalized spacial score (nSPS) is 10.4. The van der Waals surface area contributed by atoms with Gasteiger partial charge in [-0.1, -0.05) is 0 Å². The van der Waals surface area contributed by atoms with Crippen LogP contribution in [0.15, 0.2) is 36.4 Å². The molecule has 0 bridgehead atoms. The Kier molecular flexibility index (Phi) is 2.84. The van der Waals surface area contributed by atoms with Gasteiger partial charge in [0.1, 0.15) is 11.8 Å². The van der Waals surface area contributed by atoms with Gasteiger partial charge in [0.05, 0.1) is 18.5 Å². The first-order chi connectivity index (χ1) is 9.72. The first-order valence-corrected chi connectivity index (χ1v) is 6.14. The molecule has 5 heteroatoms. The molecular weight excluding hydrogens is 252 g/mol. The molecule has 0 aliphatic carbocycles. The smallest absolute Gasteiger partial charge is 0.165 e. The van der Waals surface area contributed by atoms with E-state index in [4.69, 9.17) is 10.00 Å². The minimum Gasteiger partial charge on any atom is -0.497 e. The van der Waals surface area contributed by atoms with E-state index in [9.17, 15) is 0 Å². The molecule has 0 radical (unpaired) electrons. The van der Waals surface area contributed by atoms with Crippen molar-refractivity contribution in [1.82, 2.24) is 14.6 Å². The molecule has 0 saturated heterocycles. The van der Waals surface area contributed by atoms with Gasteiger partial charge in [-0.3, -0.25) is 0 Å². The third-order valence-electron chi connectivity index (χ3n) is 3.14. The van der Waals surface area contributed by atoms with E-state index in [0.717, 1.165) is 17.0 Å². The fourth-order valence-electron chi connectivity index (χ4n) is 2.09. The van der Waals surface area contributed by atoms with Crippen molar-refractivity contribution < 1.29 is 4.74 Å². The van der Waals surface area contributed by atoms with Crippen LogP contribution in [-0.4, -0.2) is 21.7 Å². The molecule has 2 heterocycles. The molecule has 3 aromatic rings. The maximum atomic E-state index is 9.17. The number of hydrogen-bond acceptors (Lipinski definition) is 4. The second-order valence-electron chi connectivity index (χ2n) is 4.37. The molecule has 2 aromatic heterocycles. The van der Waals surface area contributed by atoms with E-state index < -0.39 is 0 Å². The van der Waals surface area contributed by atoms with Crippen molar-refractivity contribution in [3.63, 3.8) is 0 Å². The summed E-state index contributed by atoms with van der Waals surface area (Å²) in [5, 5.41) is 13.7. The van der Waals surface area contributed by atoms with E-state index in [1.807, 2.05) is 36.4 Å². The van der Waals surface area contributed by atoms with Gasteiger partial charge in [-0.05, 0) is 43.3 Å². The Morgan fingerprint density at radius 1 is 1.15 bits per heavy atom. The summed E-state index contributed by atoms with van der Waals surface area (Å²) in [6.45, 7) is 1.81. The van der Waals surface area contributed by atoms with Gasteiger partial charge in [0.25, 0.3) is 0 Å². The van der Waals surface area contributed by atoms with Gasteiger partial charge in [0.15, 0.2) is 11.3 Å². The molecule has 0 aliphatic heterocycles. The minimum absolute atomic E-state index is 0.468. The molecule has 0 fully saturated rings. The topological polar surface area (TPSA) is 63.2 Å². The largest absolute Gasteiger partial charge is 0.497 e. The first kappa shape index (κ1) is 12.2. The van der Waals surface area contributed by atoms with E-state index in [-0.39, 0.29) is 0 Å². The van der Waals surface area contributed by atoms with Gasteiger partial charge in [-0.15, -0.1) is 0 Å². The number of nitriles is 1. The Morgan fingerprint density at radius 2 is 1.90 bits per heavy atom. The van der Waals surface area contributed by atoms with Crippen LogP contribution in [0.3, 0.4) is 0 Å². The summed E-state index contributed by atoms with van der Waals surface area (Å²) in [7, 11) is 1.63. The maximum Gasteiger partial charge on any atom is 0.165 e. The number of hydrogen-bond donors (Lipinski definition) is 0. The van der Waals surface area contributed by atoms with Crippen LogP contribution in [-0.2, 0) is 0 Å². The van der Waals surface area contributed by atoms with Crippen LogP contribution in [0.1, 0.15) is 11.4 Å². The zero-order valence-corrected chi connectivity index (χ0v) is 11.2. The average molecular weight is 264 g/mol. The van der Waals surface area contributed by atoms with Crippen molar-refractivity contribution in [2.24, 2.45) is 0 Å². The molecule has 5 nitrogen and oxygen atoms in total. The molecule has 20 heavy (non-hydrogen) atoms. The standard InChI is InChI=1S/C15H12N4O/c1-10-14(9-16)19-15(17-10)8-7-13(18-19)11-3-5-12(20-2)6-4-11/h3-8H,1-2H3. The third-order valence-corrected chi connectivity index (χ3v) is 3.14. The molecule has 0 unspecified atom stereocenters. The molecular formula is C15H12N4O. The van der Waals surface area contributed by atoms with Crippen LogP contribution in [0.25, 0.3) is 16.9 Å². The number of rotatable bonds is 2. The lowest BCUT2D eigenvalue weighted by atomic mass is 10.1. The van der Waals surface area contributed by atoms with E-state index >= 15 is 0 Å². The maximum absolute atomic E-state index is 9.17. The zero-order valence-electron chi connectivity index (χ0n) is 11.2. The molecule has 0 atom stereocenters. The molecule has 1 aromatic carbocycles. The van der Waals surface area contributed by atoms with E-state index in [1.165, 1.54) is 0 Å². The van der Waals surface area contributed by atoms with Crippen molar-refractivity contribution in [2.45, 2.75) is 6.92 Å². The number of aryl methyl sites for hydroxylation is 1. The predicted molar refractivity (Wildman–Crippen MR) is 74.4 cm³/mol. The highest BCUT2D eigenvalue weighted by atomic mass is 16.5. The zero-order chi connectivity index (χ0) is 14.1. The van der Waals surface area contributed by atoms with Crippen LogP contribution in [0.2, 0.25) is 0 Å². The average Bonchev–Trinajstić information content (AvgIpc) is 2.81. The Balaban J connectivity index is 2.14. The Labute approximate surface area is 116 Å². The lowest BCUT2D eigenvalue weighted by Gasteiger charge is -2.03. The summed E-state index contributed by atoms with van der Waals surface area (Å²) in [6.07, 6.45) is 0. The molecule has 0 aliphatic rings. The van der Waals surface area contributed by atoms with Crippen LogP contribution in [0.4, 0.5) is 0 Å². The molecule has 0 spiro atoms. The minimum atomic E-state index is 0.468. The first-order valence-electron chi connectivity index (χ1n) is 6.14. The summed E-state index contributed by atoms with van der Waals surface area (Å²) in [6, 6.07) is 13.5. The number of ether oxygens (including phenoxy) is 1. The molecule has 98 valence electrons. The highest BCUT2D eigenvalue weighted by Crippen LogP contribution is 2.21. The summed E-state index contributed by atoms with van der Waals surface area (Å²) in [5.41, 5.74) is 3.58. The second-order valence-corrected chi connectivity index (χ2v) is 4.37. The summed E-state index contributed by atoms with van der Waals surface area (Å²) < 4.78 is 6.71. The molecule has 0 saturated carbocycles. The van der Waals surface area contributed by atoms with E-state index in [1.54, 1.807) is 18.5 Å². The fraction of sp³-hybridized carbons (Fsp3) is 0.133. The van der Waals surface area contributed by atoms with Crippen molar-refractivity contribution >= 4 is 5.65 Å². The quantitative estimate of drug-likeness (QED) is 0.713. The lowest BCUT2D eigenvalue weighted by Crippen LogP contribution is -1.97. The van der Waals surface area contributed by atoms with Gasteiger partial charge < -0.3 is 4.74 Å². The van der Waals surface area contributed by atoms with Gasteiger partial charge in [0, 0.05) is 5.56 Å². The number of fused-ring (bicyclic) bond motifs is 1. The summed E-state index contributed by atoms with van der Waals surface area (Å²) in [4.78, 5) is 4.30. The van der Waals surface area contributed by atoms with Crippen molar-refractivity contribution in [2.75, 3.05) is 7.11 Å². The highest BCUT2D eigenvalue weighted by Gasteiger charge is 2.10. The number of imidazole rings is 1. The summed E-state index contributed by atoms with van der Waals surface area (Å²) in [5.74, 6) is 0.797. The number of benzene rings is 1. The van der Waals surface area contributed by atoms with Crippen molar-refractivity contribution in [3.8, 4) is 23.1 Å². The lowest BCUT2D eigenvalue weighted by molar-refractivity contribution is 0.415. The molecule has 3 rings (SSSR count). The van der Waals surface area contributed by atoms with Crippen molar-refractivity contribution in [3.05, 3.63) is 47.8 Å².